The Labute approximate surface area is 167 Å². The Hall–Kier alpha value is -3.42. The molecule has 1 aliphatic heterocycles. The normalized spacial score (nSPS) is 14.9. The first kappa shape index (κ1) is 18.9. The van der Waals surface area contributed by atoms with Crippen molar-refractivity contribution in [2.24, 2.45) is 0 Å². The Bertz CT molecular complexity index is 1040. The first-order valence-corrected chi connectivity index (χ1v) is 9.67. The number of aromatic hydroxyl groups is 1. The number of piperidine rings is 1. The number of carbonyl (C=O) groups excluding carboxylic acids is 2. The van der Waals surface area contributed by atoms with Crippen molar-refractivity contribution in [3.63, 3.8) is 0 Å². The zero-order chi connectivity index (χ0) is 20.4. The highest BCUT2D eigenvalue weighted by Gasteiger charge is 2.28. The third kappa shape index (κ3) is 3.53. The van der Waals surface area contributed by atoms with Crippen LogP contribution in [0.5, 0.6) is 5.88 Å². The van der Waals surface area contributed by atoms with Crippen LogP contribution in [0.2, 0.25) is 0 Å². The minimum Gasteiger partial charge on any atom is -0.493 e. The average Bonchev–Trinajstić information content (AvgIpc) is 3.20. The van der Waals surface area contributed by atoms with Crippen molar-refractivity contribution in [2.75, 3.05) is 19.7 Å². The smallest absolute Gasteiger partial charge is 0.343 e. The van der Waals surface area contributed by atoms with Crippen molar-refractivity contribution >= 4 is 17.5 Å². The SMILES string of the molecule is CCOC(=O)c1cnn2c(O)c(C(=O)N3CCC(c4ccccc4)CC3)cnc12. The highest BCUT2D eigenvalue weighted by molar-refractivity contribution is 5.98. The van der Waals surface area contributed by atoms with Gasteiger partial charge < -0.3 is 14.7 Å². The first-order chi connectivity index (χ1) is 14.1. The minimum atomic E-state index is -0.573. The summed E-state index contributed by atoms with van der Waals surface area (Å²) in [5, 5.41) is 14.6. The fraction of sp³-hybridized carbons (Fsp3) is 0.333. The van der Waals surface area contributed by atoms with Crippen LogP contribution < -0.4 is 0 Å². The van der Waals surface area contributed by atoms with Crippen LogP contribution in [-0.4, -0.2) is 56.2 Å². The quantitative estimate of drug-likeness (QED) is 0.684. The maximum atomic E-state index is 12.9. The number of likely N-dealkylation sites (tertiary alicyclic amines) is 1. The summed E-state index contributed by atoms with van der Waals surface area (Å²) >= 11 is 0. The summed E-state index contributed by atoms with van der Waals surface area (Å²) in [4.78, 5) is 30.8. The molecule has 0 bridgehead atoms. The molecule has 0 spiro atoms. The van der Waals surface area contributed by atoms with Gasteiger partial charge in [-0.25, -0.2) is 9.78 Å². The molecule has 0 aliphatic carbocycles. The maximum Gasteiger partial charge on any atom is 0.343 e. The summed E-state index contributed by atoms with van der Waals surface area (Å²) in [5.41, 5.74) is 1.65. The van der Waals surface area contributed by atoms with Gasteiger partial charge in [-0.3, -0.25) is 4.79 Å². The molecule has 1 amide bonds. The lowest BCUT2D eigenvalue weighted by molar-refractivity contribution is 0.0528. The molecular weight excluding hydrogens is 372 g/mol. The van der Waals surface area contributed by atoms with E-state index in [-0.39, 0.29) is 35.2 Å². The van der Waals surface area contributed by atoms with Crippen molar-refractivity contribution in [3.05, 3.63) is 59.4 Å². The van der Waals surface area contributed by atoms with Gasteiger partial charge in [0.25, 0.3) is 5.91 Å². The summed E-state index contributed by atoms with van der Waals surface area (Å²) in [6, 6.07) is 10.3. The molecule has 0 unspecified atom stereocenters. The Morgan fingerprint density at radius 2 is 1.86 bits per heavy atom. The van der Waals surface area contributed by atoms with Crippen LogP contribution in [0.1, 0.15) is 52.0 Å². The van der Waals surface area contributed by atoms with Gasteiger partial charge >= 0.3 is 5.97 Å². The summed E-state index contributed by atoms with van der Waals surface area (Å²) in [7, 11) is 0. The molecule has 3 heterocycles. The van der Waals surface area contributed by atoms with Gasteiger partial charge in [-0.2, -0.15) is 9.61 Å². The predicted molar refractivity (Wildman–Crippen MR) is 105 cm³/mol. The van der Waals surface area contributed by atoms with Gasteiger partial charge in [-0.15, -0.1) is 0 Å². The van der Waals surface area contributed by atoms with E-state index in [4.69, 9.17) is 4.74 Å². The second-order valence-corrected chi connectivity index (χ2v) is 6.99. The Morgan fingerprint density at radius 3 is 2.55 bits per heavy atom. The number of hydrogen-bond acceptors (Lipinski definition) is 6. The molecule has 1 aliphatic rings. The van der Waals surface area contributed by atoms with Gasteiger partial charge in [-0.05, 0) is 31.2 Å². The van der Waals surface area contributed by atoms with Crippen molar-refractivity contribution in [1.29, 1.82) is 0 Å². The van der Waals surface area contributed by atoms with E-state index in [0.29, 0.717) is 19.0 Å². The molecule has 1 N–H and O–H groups in total. The predicted octanol–water partition coefficient (Wildman–Crippen LogP) is 2.63. The fourth-order valence-electron chi connectivity index (χ4n) is 3.73. The molecule has 8 nitrogen and oxygen atoms in total. The molecule has 8 heteroatoms. The molecule has 1 aromatic carbocycles. The second-order valence-electron chi connectivity index (χ2n) is 6.99. The number of amides is 1. The number of hydrogen-bond donors (Lipinski definition) is 1. The molecule has 0 radical (unpaired) electrons. The molecule has 150 valence electrons. The minimum absolute atomic E-state index is 0.0640. The number of esters is 1. The molecule has 0 atom stereocenters. The highest BCUT2D eigenvalue weighted by Crippen LogP contribution is 2.29. The number of benzene rings is 1. The summed E-state index contributed by atoms with van der Waals surface area (Å²) < 4.78 is 6.06. The van der Waals surface area contributed by atoms with E-state index < -0.39 is 5.97 Å². The fourth-order valence-corrected chi connectivity index (χ4v) is 3.73. The molecule has 3 aromatic rings. The third-order valence-corrected chi connectivity index (χ3v) is 5.28. The van der Waals surface area contributed by atoms with Crippen molar-refractivity contribution < 1.29 is 19.4 Å². The molecule has 4 rings (SSSR count). The molecular formula is C21H22N4O4. The first-order valence-electron chi connectivity index (χ1n) is 9.67. The highest BCUT2D eigenvalue weighted by atomic mass is 16.5. The summed E-state index contributed by atoms with van der Waals surface area (Å²) in [6.45, 7) is 3.12. The van der Waals surface area contributed by atoms with Crippen LogP contribution in [0.15, 0.2) is 42.7 Å². The molecule has 0 saturated carbocycles. The Morgan fingerprint density at radius 1 is 1.14 bits per heavy atom. The lowest BCUT2D eigenvalue weighted by atomic mass is 9.89. The van der Waals surface area contributed by atoms with E-state index in [1.807, 2.05) is 18.2 Å². The van der Waals surface area contributed by atoms with Gasteiger partial charge in [0.1, 0.15) is 11.1 Å². The number of rotatable bonds is 4. The lowest BCUT2D eigenvalue weighted by Gasteiger charge is -2.32. The van der Waals surface area contributed by atoms with Crippen molar-refractivity contribution in [3.8, 4) is 5.88 Å². The monoisotopic (exact) mass is 394 g/mol. The van der Waals surface area contributed by atoms with Crippen LogP contribution >= 0.6 is 0 Å². The topological polar surface area (TPSA) is 97.0 Å². The van der Waals surface area contributed by atoms with Gasteiger partial charge in [-0.1, -0.05) is 30.3 Å². The number of ether oxygens (including phenoxy) is 1. The Balaban J connectivity index is 1.52. The summed E-state index contributed by atoms with van der Waals surface area (Å²) in [6.07, 6.45) is 4.29. The molecule has 1 fully saturated rings. The molecule has 2 aromatic heterocycles. The summed E-state index contributed by atoms with van der Waals surface area (Å²) in [5.74, 6) is -0.776. The number of fused-ring (bicyclic) bond motifs is 1. The van der Waals surface area contributed by atoms with E-state index in [1.165, 1.54) is 18.0 Å². The lowest BCUT2D eigenvalue weighted by Crippen LogP contribution is -2.38. The van der Waals surface area contributed by atoms with Gasteiger partial charge in [0.2, 0.25) is 5.88 Å². The van der Waals surface area contributed by atoms with Crippen LogP contribution in [0, 0.1) is 0 Å². The number of carbonyl (C=O) groups is 2. The standard InChI is InChI=1S/C21H22N4O4/c1-2-29-21(28)16-13-23-25-18(16)22-12-17(20(25)27)19(26)24-10-8-15(9-11-24)14-6-4-3-5-7-14/h3-7,12-13,15,27H,2,8-11H2,1H3. The molecule has 29 heavy (non-hydrogen) atoms. The van der Waals surface area contributed by atoms with E-state index in [2.05, 4.69) is 22.2 Å². The van der Waals surface area contributed by atoms with Gasteiger partial charge in [0.05, 0.1) is 12.8 Å². The van der Waals surface area contributed by atoms with E-state index in [1.54, 1.807) is 11.8 Å². The van der Waals surface area contributed by atoms with E-state index in [0.717, 1.165) is 17.4 Å². The van der Waals surface area contributed by atoms with Crippen molar-refractivity contribution in [2.45, 2.75) is 25.7 Å². The van der Waals surface area contributed by atoms with Gasteiger partial charge in [0, 0.05) is 19.3 Å². The second kappa shape index (κ2) is 7.90. The van der Waals surface area contributed by atoms with E-state index >= 15 is 0 Å². The van der Waals surface area contributed by atoms with Crippen LogP contribution in [-0.2, 0) is 4.74 Å². The van der Waals surface area contributed by atoms with Crippen LogP contribution in [0.3, 0.4) is 0 Å². The van der Waals surface area contributed by atoms with Crippen LogP contribution in [0.4, 0.5) is 0 Å². The molecule has 1 saturated heterocycles. The van der Waals surface area contributed by atoms with Crippen LogP contribution in [0.25, 0.3) is 5.65 Å². The van der Waals surface area contributed by atoms with Gasteiger partial charge in [0.15, 0.2) is 5.65 Å². The average molecular weight is 394 g/mol. The van der Waals surface area contributed by atoms with E-state index in [9.17, 15) is 14.7 Å². The van der Waals surface area contributed by atoms with Crippen molar-refractivity contribution in [1.82, 2.24) is 19.5 Å². The number of nitrogens with zero attached hydrogens (tertiary/aromatic N) is 4. The zero-order valence-corrected chi connectivity index (χ0v) is 16.1. The largest absolute Gasteiger partial charge is 0.493 e. The maximum absolute atomic E-state index is 12.9. The number of aromatic nitrogens is 3. The third-order valence-electron chi connectivity index (χ3n) is 5.28. The zero-order valence-electron chi connectivity index (χ0n) is 16.1. The Kier molecular flexibility index (Phi) is 5.16.